The van der Waals surface area contributed by atoms with Crippen molar-refractivity contribution in [2.45, 2.75) is 64.8 Å². The Morgan fingerprint density at radius 1 is 1.21 bits per heavy atom. The third-order valence-corrected chi connectivity index (χ3v) is 7.49. The number of aryl methyl sites for hydroxylation is 2. The highest BCUT2D eigenvalue weighted by molar-refractivity contribution is 5.76. The van der Waals surface area contributed by atoms with Gasteiger partial charge in [0, 0.05) is 23.9 Å². The molecule has 0 atom stereocenters. The van der Waals surface area contributed by atoms with Gasteiger partial charge in [0.1, 0.15) is 11.6 Å². The Hall–Kier alpha value is -2.42. The van der Waals surface area contributed by atoms with Gasteiger partial charge < -0.3 is 5.32 Å². The lowest BCUT2D eigenvalue weighted by atomic mass is 9.54. The molecule has 0 aliphatic heterocycles. The van der Waals surface area contributed by atoms with Crippen LogP contribution in [0.3, 0.4) is 0 Å². The molecular weight excluding hydrogens is 350 g/mol. The SMILES string of the molecule is Cc1nc2c(C#N)cnn2c(C)c1CCC(=O)NC1C2CC3CC(C2)CC1C3. The number of aromatic nitrogens is 3. The van der Waals surface area contributed by atoms with Gasteiger partial charge in [0.25, 0.3) is 0 Å². The van der Waals surface area contributed by atoms with Gasteiger partial charge in [-0.1, -0.05) is 0 Å². The van der Waals surface area contributed by atoms with Crippen LogP contribution in [0.25, 0.3) is 5.65 Å². The van der Waals surface area contributed by atoms with Gasteiger partial charge in [-0.3, -0.25) is 4.79 Å². The molecule has 2 heterocycles. The highest BCUT2D eigenvalue weighted by Gasteiger charge is 2.48. The summed E-state index contributed by atoms with van der Waals surface area (Å²) < 4.78 is 1.72. The van der Waals surface area contributed by atoms with Crippen molar-refractivity contribution in [2.24, 2.45) is 23.7 Å². The summed E-state index contributed by atoms with van der Waals surface area (Å²) in [5, 5.41) is 16.9. The molecule has 28 heavy (non-hydrogen) atoms. The van der Waals surface area contributed by atoms with E-state index in [4.69, 9.17) is 0 Å². The van der Waals surface area contributed by atoms with Crippen molar-refractivity contribution >= 4 is 11.6 Å². The fourth-order valence-corrected chi connectivity index (χ4v) is 6.41. The van der Waals surface area contributed by atoms with E-state index in [0.29, 0.717) is 41.9 Å². The Morgan fingerprint density at radius 3 is 2.54 bits per heavy atom. The lowest BCUT2D eigenvalue weighted by Crippen LogP contribution is -2.55. The number of nitrogens with zero attached hydrogens (tertiary/aromatic N) is 4. The van der Waals surface area contributed by atoms with Crippen molar-refractivity contribution in [3.05, 3.63) is 28.7 Å². The van der Waals surface area contributed by atoms with Crippen LogP contribution in [-0.4, -0.2) is 26.5 Å². The number of carbonyl (C=O) groups excluding carboxylic acids is 1. The predicted octanol–water partition coefficient (Wildman–Crippen LogP) is 3.09. The van der Waals surface area contributed by atoms with Gasteiger partial charge in [0.2, 0.25) is 5.91 Å². The largest absolute Gasteiger partial charge is 0.353 e. The van der Waals surface area contributed by atoms with Crippen molar-refractivity contribution in [1.29, 1.82) is 5.26 Å². The van der Waals surface area contributed by atoms with Crippen LogP contribution in [0.15, 0.2) is 6.20 Å². The normalized spacial score (nSPS) is 30.5. The zero-order chi connectivity index (χ0) is 19.4. The summed E-state index contributed by atoms with van der Waals surface area (Å²) in [6, 6.07) is 2.53. The first kappa shape index (κ1) is 17.7. The highest BCUT2D eigenvalue weighted by Crippen LogP contribution is 2.53. The van der Waals surface area contributed by atoms with E-state index in [1.807, 2.05) is 13.8 Å². The Bertz CT molecular complexity index is 957. The predicted molar refractivity (Wildman–Crippen MR) is 104 cm³/mol. The molecule has 0 radical (unpaired) electrons. The smallest absolute Gasteiger partial charge is 0.220 e. The summed E-state index contributed by atoms with van der Waals surface area (Å²) in [7, 11) is 0. The van der Waals surface area contributed by atoms with Gasteiger partial charge in [-0.25, -0.2) is 9.50 Å². The molecule has 4 aliphatic carbocycles. The maximum absolute atomic E-state index is 12.7. The number of nitrogens with one attached hydrogen (secondary N) is 1. The van der Waals surface area contributed by atoms with Gasteiger partial charge >= 0.3 is 0 Å². The molecule has 2 aromatic heterocycles. The second-order valence-corrected chi connectivity index (χ2v) is 9.19. The molecule has 6 nitrogen and oxygen atoms in total. The maximum atomic E-state index is 12.7. The second-order valence-electron chi connectivity index (χ2n) is 9.19. The summed E-state index contributed by atoms with van der Waals surface area (Å²) >= 11 is 0. The Labute approximate surface area is 165 Å². The van der Waals surface area contributed by atoms with Gasteiger partial charge in [-0.05, 0) is 81.6 Å². The molecular formula is C22H27N5O. The van der Waals surface area contributed by atoms with Gasteiger partial charge in [0.05, 0.1) is 6.20 Å². The average molecular weight is 377 g/mol. The first-order valence-electron chi connectivity index (χ1n) is 10.6. The van der Waals surface area contributed by atoms with E-state index in [-0.39, 0.29) is 5.91 Å². The zero-order valence-electron chi connectivity index (χ0n) is 16.6. The van der Waals surface area contributed by atoms with E-state index in [2.05, 4.69) is 21.5 Å². The molecule has 4 aliphatic rings. The summed E-state index contributed by atoms with van der Waals surface area (Å²) in [6.07, 6.45) is 9.38. The molecule has 6 heteroatoms. The van der Waals surface area contributed by atoms with E-state index in [0.717, 1.165) is 28.8 Å². The summed E-state index contributed by atoms with van der Waals surface area (Å²) in [4.78, 5) is 17.3. The fourth-order valence-electron chi connectivity index (χ4n) is 6.41. The summed E-state index contributed by atoms with van der Waals surface area (Å²) in [6.45, 7) is 3.94. The Morgan fingerprint density at radius 2 is 1.89 bits per heavy atom. The number of rotatable bonds is 4. The minimum absolute atomic E-state index is 0.162. The van der Waals surface area contributed by atoms with Crippen LogP contribution in [-0.2, 0) is 11.2 Å². The standard InChI is InChI=1S/C22H27N5O/c1-12-19(13(2)27-22(25-12)18(10-23)11-24-27)3-4-20(28)26-21-16-6-14-5-15(8-16)9-17(21)7-14/h11,14-17,21H,3-9H2,1-2H3,(H,26,28). The molecule has 2 aromatic rings. The minimum atomic E-state index is 0.162. The molecule has 0 aromatic carbocycles. The van der Waals surface area contributed by atoms with Crippen molar-refractivity contribution < 1.29 is 4.79 Å². The first-order chi connectivity index (χ1) is 13.5. The number of amides is 1. The number of carbonyl (C=O) groups is 1. The van der Waals surface area contributed by atoms with E-state index >= 15 is 0 Å². The first-order valence-corrected chi connectivity index (χ1v) is 10.6. The van der Waals surface area contributed by atoms with Crippen LogP contribution in [0.5, 0.6) is 0 Å². The molecule has 146 valence electrons. The van der Waals surface area contributed by atoms with Crippen molar-refractivity contribution in [3.63, 3.8) is 0 Å². The van der Waals surface area contributed by atoms with Gasteiger partial charge in [-0.15, -0.1) is 0 Å². The van der Waals surface area contributed by atoms with E-state index in [1.165, 1.54) is 32.1 Å². The van der Waals surface area contributed by atoms with E-state index in [1.54, 1.807) is 10.7 Å². The second kappa shape index (κ2) is 6.58. The maximum Gasteiger partial charge on any atom is 0.220 e. The Balaban J connectivity index is 1.28. The average Bonchev–Trinajstić information content (AvgIpc) is 3.07. The molecule has 1 N–H and O–H groups in total. The van der Waals surface area contributed by atoms with Crippen LogP contribution in [0.4, 0.5) is 0 Å². The van der Waals surface area contributed by atoms with Crippen LogP contribution in [0, 0.1) is 48.9 Å². The molecule has 0 spiro atoms. The number of fused-ring (bicyclic) bond motifs is 1. The molecule has 4 bridgehead atoms. The number of nitriles is 1. The van der Waals surface area contributed by atoms with E-state index < -0.39 is 0 Å². The van der Waals surface area contributed by atoms with Crippen molar-refractivity contribution in [2.75, 3.05) is 0 Å². The van der Waals surface area contributed by atoms with Crippen LogP contribution < -0.4 is 5.32 Å². The third-order valence-electron chi connectivity index (χ3n) is 7.49. The van der Waals surface area contributed by atoms with E-state index in [9.17, 15) is 10.1 Å². The quantitative estimate of drug-likeness (QED) is 0.887. The van der Waals surface area contributed by atoms with Gasteiger partial charge in [0.15, 0.2) is 5.65 Å². The zero-order valence-corrected chi connectivity index (χ0v) is 16.6. The monoisotopic (exact) mass is 377 g/mol. The molecule has 0 unspecified atom stereocenters. The number of hydrogen-bond acceptors (Lipinski definition) is 4. The number of hydrogen-bond donors (Lipinski definition) is 1. The summed E-state index contributed by atoms with van der Waals surface area (Å²) in [5.74, 6) is 3.41. The topological polar surface area (TPSA) is 83.1 Å². The van der Waals surface area contributed by atoms with Crippen LogP contribution in [0.1, 0.15) is 61.0 Å². The molecule has 4 saturated carbocycles. The van der Waals surface area contributed by atoms with Crippen LogP contribution in [0.2, 0.25) is 0 Å². The Kier molecular flexibility index (Phi) is 4.15. The highest BCUT2D eigenvalue weighted by atomic mass is 16.1. The minimum Gasteiger partial charge on any atom is -0.353 e. The lowest BCUT2D eigenvalue weighted by molar-refractivity contribution is -0.125. The van der Waals surface area contributed by atoms with Crippen molar-refractivity contribution in [1.82, 2.24) is 19.9 Å². The molecule has 0 saturated heterocycles. The lowest BCUT2D eigenvalue weighted by Gasteiger charge is -2.54. The fraction of sp³-hybridized carbons (Fsp3) is 0.636. The summed E-state index contributed by atoms with van der Waals surface area (Å²) in [5.41, 5.74) is 3.98. The molecule has 6 rings (SSSR count). The van der Waals surface area contributed by atoms with Gasteiger partial charge in [-0.2, -0.15) is 10.4 Å². The van der Waals surface area contributed by atoms with Crippen LogP contribution >= 0.6 is 0 Å². The molecule has 4 fully saturated rings. The van der Waals surface area contributed by atoms with Crippen molar-refractivity contribution in [3.8, 4) is 6.07 Å². The molecule has 1 amide bonds. The third kappa shape index (κ3) is 2.80.